The van der Waals surface area contributed by atoms with Crippen LogP contribution in [-0.2, 0) is 17.9 Å². The van der Waals surface area contributed by atoms with Crippen molar-refractivity contribution in [1.29, 1.82) is 0 Å². The second-order valence-electron chi connectivity index (χ2n) is 10.0. The molecule has 37 heavy (non-hydrogen) atoms. The lowest BCUT2D eigenvalue weighted by atomic mass is 9.81. The first-order valence-corrected chi connectivity index (χ1v) is 13.4. The number of carbonyl (C=O) groups excluding carboxylic acids is 3. The van der Waals surface area contributed by atoms with Crippen LogP contribution in [-0.4, -0.2) is 70.7 Å². The van der Waals surface area contributed by atoms with Crippen LogP contribution in [0, 0.1) is 5.92 Å². The highest BCUT2D eigenvalue weighted by Gasteiger charge is 2.37. The van der Waals surface area contributed by atoms with Crippen molar-refractivity contribution in [2.75, 3.05) is 21.1 Å². The third-order valence-corrected chi connectivity index (χ3v) is 8.31. The molecule has 3 atom stereocenters. The Labute approximate surface area is 224 Å². The van der Waals surface area contributed by atoms with E-state index in [1.165, 1.54) is 11.3 Å². The molecular weight excluding hydrogens is 512 g/mol. The third kappa shape index (κ3) is 5.46. The van der Waals surface area contributed by atoms with Crippen molar-refractivity contribution in [1.82, 2.24) is 30.4 Å². The highest BCUT2D eigenvalue weighted by Crippen LogP contribution is 2.29. The van der Waals surface area contributed by atoms with Crippen molar-refractivity contribution in [3.8, 4) is 0 Å². The number of nitrogens with zero attached hydrogens (tertiary/aromatic N) is 4. The summed E-state index contributed by atoms with van der Waals surface area (Å²) in [6.45, 7) is 1.51. The van der Waals surface area contributed by atoms with Gasteiger partial charge in [0.25, 0.3) is 11.8 Å². The van der Waals surface area contributed by atoms with Gasteiger partial charge in [-0.15, -0.1) is 11.3 Å². The molecule has 0 radical (unpaired) electrons. The number of pyridine rings is 1. The van der Waals surface area contributed by atoms with Gasteiger partial charge in [-0.3, -0.25) is 24.3 Å². The first-order chi connectivity index (χ1) is 17.7. The molecule has 0 saturated heterocycles. The number of benzene rings is 1. The van der Waals surface area contributed by atoms with E-state index in [1.54, 1.807) is 43.4 Å². The molecule has 2 aliphatic rings. The largest absolute Gasteiger partial charge is 0.349 e. The van der Waals surface area contributed by atoms with Gasteiger partial charge in [-0.2, -0.15) is 0 Å². The van der Waals surface area contributed by atoms with Gasteiger partial charge < -0.3 is 15.5 Å². The maximum Gasteiger partial charge on any atom is 0.280 e. The van der Waals surface area contributed by atoms with Gasteiger partial charge in [-0.05, 0) is 49.9 Å². The molecule has 0 bridgehead atoms. The fraction of sp³-hybridized carbons (Fsp3) is 0.423. The average Bonchev–Trinajstić information content (AvgIpc) is 3.41. The van der Waals surface area contributed by atoms with Crippen molar-refractivity contribution >= 4 is 51.4 Å². The molecule has 1 aromatic carbocycles. The van der Waals surface area contributed by atoms with Gasteiger partial charge in [-0.1, -0.05) is 17.7 Å². The van der Waals surface area contributed by atoms with Crippen molar-refractivity contribution in [2.24, 2.45) is 5.92 Å². The smallest absolute Gasteiger partial charge is 0.280 e. The summed E-state index contributed by atoms with van der Waals surface area (Å²) in [6.07, 6.45) is 3.24. The van der Waals surface area contributed by atoms with E-state index in [0.717, 1.165) is 34.4 Å². The van der Waals surface area contributed by atoms with Gasteiger partial charge in [0, 0.05) is 60.6 Å². The number of amides is 3. The zero-order chi connectivity index (χ0) is 26.3. The predicted molar refractivity (Wildman–Crippen MR) is 143 cm³/mol. The monoisotopic (exact) mass is 540 g/mol. The molecule has 2 N–H and O–H groups in total. The maximum absolute atomic E-state index is 13.2. The summed E-state index contributed by atoms with van der Waals surface area (Å²) >= 11 is 7.46. The number of hydrogen-bond acceptors (Lipinski definition) is 7. The summed E-state index contributed by atoms with van der Waals surface area (Å²) in [5, 5.41) is 8.86. The van der Waals surface area contributed by atoms with Gasteiger partial charge in [0.2, 0.25) is 5.91 Å². The Balaban J connectivity index is 1.33. The van der Waals surface area contributed by atoms with Crippen LogP contribution >= 0.6 is 22.9 Å². The topological polar surface area (TPSA) is 108 Å². The van der Waals surface area contributed by atoms with E-state index in [9.17, 15) is 14.4 Å². The molecule has 3 amide bonds. The molecule has 3 aromatic rings. The molecule has 0 spiro atoms. The van der Waals surface area contributed by atoms with E-state index in [1.807, 2.05) is 13.1 Å². The van der Waals surface area contributed by atoms with Gasteiger partial charge >= 0.3 is 0 Å². The zero-order valence-electron chi connectivity index (χ0n) is 21.0. The molecule has 0 unspecified atom stereocenters. The highest BCUT2D eigenvalue weighted by molar-refractivity contribution is 7.13. The molecule has 2 aromatic heterocycles. The third-order valence-electron chi connectivity index (χ3n) is 7.00. The summed E-state index contributed by atoms with van der Waals surface area (Å²) in [4.78, 5) is 52.8. The van der Waals surface area contributed by atoms with Crippen molar-refractivity contribution in [3.63, 3.8) is 0 Å². The number of hydrogen-bond donors (Lipinski definition) is 2. The Morgan fingerprint density at radius 1 is 1.05 bits per heavy atom. The summed E-state index contributed by atoms with van der Waals surface area (Å²) in [6, 6.07) is 6.38. The Kier molecular flexibility index (Phi) is 7.15. The molecule has 3 heterocycles. The maximum atomic E-state index is 13.2. The average molecular weight is 541 g/mol. The molecular formula is C26H29ClN6O3S. The number of fused-ring (bicyclic) bond motifs is 2. The first-order valence-electron chi connectivity index (χ1n) is 12.2. The Morgan fingerprint density at radius 3 is 2.59 bits per heavy atom. The van der Waals surface area contributed by atoms with Crippen LogP contribution < -0.4 is 10.6 Å². The normalized spacial score (nSPS) is 21.5. The lowest BCUT2D eigenvalue weighted by molar-refractivity contribution is -0.134. The van der Waals surface area contributed by atoms with Crippen LogP contribution in [0.4, 0.5) is 0 Å². The van der Waals surface area contributed by atoms with Crippen molar-refractivity contribution in [3.05, 3.63) is 56.8 Å². The minimum Gasteiger partial charge on any atom is -0.349 e. The van der Waals surface area contributed by atoms with Gasteiger partial charge in [0.1, 0.15) is 5.69 Å². The van der Waals surface area contributed by atoms with Crippen LogP contribution in [0.1, 0.15) is 50.1 Å². The van der Waals surface area contributed by atoms with Gasteiger partial charge in [0.05, 0.1) is 11.7 Å². The van der Waals surface area contributed by atoms with E-state index >= 15 is 0 Å². The van der Waals surface area contributed by atoms with Crippen LogP contribution in [0.3, 0.4) is 0 Å². The Hall–Kier alpha value is -3.08. The molecule has 5 rings (SSSR count). The van der Waals surface area contributed by atoms with Crippen molar-refractivity contribution < 1.29 is 14.4 Å². The summed E-state index contributed by atoms with van der Waals surface area (Å²) in [7, 11) is 5.48. The number of nitrogens with one attached hydrogen (secondary N) is 2. The molecule has 1 aliphatic heterocycles. The van der Waals surface area contributed by atoms with E-state index < -0.39 is 6.04 Å². The second kappa shape index (κ2) is 10.4. The molecule has 1 aliphatic carbocycles. The van der Waals surface area contributed by atoms with E-state index in [-0.39, 0.29) is 35.4 Å². The second-order valence-corrected chi connectivity index (χ2v) is 11.5. The van der Waals surface area contributed by atoms with Gasteiger partial charge in [-0.25, -0.2) is 4.98 Å². The molecule has 9 nitrogen and oxygen atoms in total. The zero-order valence-corrected chi connectivity index (χ0v) is 22.5. The number of carbonyl (C=O) groups is 3. The fourth-order valence-corrected chi connectivity index (χ4v) is 6.32. The van der Waals surface area contributed by atoms with E-state index in [4.69, 9.17) is 11.6 Å². The quantitative estimate of drug-likeness (QED) is 0.515. The number of aromatic nitrogens is 2. The summed E-state index contributed by atoms with van der Waals surface area (Å²) in [5.74, 6) is -0.804. The van der Waals surface area contributed by atoms with Gasteiger partial charge in [0.15, 0.2) is 5.01 Å². The SMILES string of the molecule is CN1Cc2nc(C(=O)N[C@H]3C[C@@H](C(=O)N(C)C)CC[C@@H]3NC(=O)c3cc4ccc(Cl)cc4cn3)sc2C1. The van der Waals surface area contributed by atoms with Crippen molar-refractivity contribution in [2.45, 2.75) is 44.4 Å². The summed E-state index contributed by atoms with van der Waals surface area (Å²) in [5.41, 5.74) is 1.22. The lowest BCUT2D eigenvalue weighted by Crippen LogP contribution is -2.56. The van der Waals surface area contributed by atoms with Crippen LogP contribution in [0.2, 0.25) is 5.02 Å². The van der Waals surface area contributed by atoms with E-state index in [0.29, 0.717) is 29.3 Å². The molecule has 1 saturated carbocycles. The molecule has 1 fully saturated rings. The van der Waals surface area contributed by atoms with E-state index in [2.05, 4.69) is 25.5 Å². The minimum atomic E-state index is -0.417. The minimum absolute atomic E-state index is 0.0233. The molecule has 194 valence electrons. The highest BCUT2D eigenvalue weighted by atomic mass is 35.5. The fourth-order valence-electron chi connectivity index (χ4n) is 5.09. The standard InChI is InChI=1S/C26H29ClN6O3S/c1-32(2)26(36)15-5-7-18(29-23(34)20-9-14-4-6-17(27)8-16(14)11-28-20)19(10-15)30-24(35)25-31-21-12-33(3)13-22(21)37-25/h4,6,8-9,11,15,18-19H,5,7,10,12-13H2,1-3H3,(H,29,34)(H,30,35)/t15-,18-,19-/m0/s1. The number of thiazole rings is 1. The van der Waals surface area contributed by atoms with Crippen LogP contribution in [0.15, 0.2) is 30.5 Å². The Morgan fingerprint density at radius 2 is 1.84 bits per heavy atom. The number of halogens is 1. The predicted octanol–water partition coefficient (Wildman–Crippen LogP) is 3.08. The molecule has 11 heteroatoms. The van der Waals surface area contributed by atoms with Crippen LogP contribution in [0.5, 0.6) is 0 Å². The number of rotatable bonds is 5. The first kappa shape index (κ1) is 25.6. The Bertz CT molecular complexity index is 1350. The van der Waals surface area contributed by atoms with Crippen LogP contribution in [0.25, 0.3) is 10.8 Å². The summed E-state index contributed by atoms with van der Waals surface area (Å²) < 4.78 is 0. The lowest BCUT2D eigenvalue weighted by Gasteiger charge is -2.37.